The summed E-state index contributed by atoms with van der Waals surface area (Å²) in [6.07, 6.45) is 2.42. The van der Waals surface area contributed by atoms with E-state index in [2.05, 4.69) is 0 Å². The first-order valence-electron chi connectivity index (χ1n) is 7.83. The molecule has 0 radical (unpaired) electrons. The number of ether oxygens (including phenoxy) is 2. The quantitative estimate of drug-likeness (QED) is 0.541. The molecule has 4 rings (SSSR count). The number of thioether (sulfide) groups is 2. The highest BCUT2D eigenvalue weighted by molar-refractivity contribution is 8.08. The van der Waals surface area contributed by atoms with Gasteiger partial charge < -0.3 is 9.47 Å². The fourth-order valence-electron chi connectivity index (χ4n) is 4.19. The van der Waals surface area contributed by atoms with Crippen molar-refractivity contribution in [3.05, 3.63) is 44.3 Å². The molecule has 0 bridgehead atoms. The van der Waals surface area contributed by atoms with Gasteiger partial charge >= 0.3 is 17.8 Å². The van der Waals surface area contributed by atoms with E-state index < -0.39 is 49.9 Å². The lowest BCUT2D eigenvalue weighted by Crippen LogP contribution is -2.55. The minimum Gasteiger partial charge on any atom is -0.358 e. The van der Waals surface area contributed by atoms with Gasteiger partial charge in [0.05, 0.1) is 0 Å². The Hall–Kier alpha value is -0.840. The zero-order chi connectivity index (χ0) is 20.2. The van der Waals surface area contributed by atoms with E-state index in [1.54, 1.807) is 13.8 Å². The maximum absolute atomic E-state index is 14.7. The fourth-order valence-corrected chi connectivity index (χ4v) is 7.06. The summed E-state index contributed by atoms with van der Waals surface area (Å²) in [5, 5.41) is 0. The van der Waals surface area contributed by atoms with Gasteiger partial charge in [-0.2, -0.15) is 26.3 Å². The predicted molar refractivity (Wildman–Crippen MR) is 91.1 cm³/mol. The number of rotatable bonds is 2. The molecular weight excluding hydrogens is 414 g/mol. The highest BCUT2D eigenvalue weighted by atomic mass is 32.2. The molecule has 2 nitrogen and oxygen atoms in total. The second-order valence-electron chi connectivity index (χ2n) is 6.66. The third kappa shape index (κ3) is 1.82. The van der Waals surface area contributed by atoms with Crippen LogP contribution in [0.2, 0.25) is 0 Å². The Bertz CT molecular complexity index is 818. The number of hydrogen-bond donors (Lipinski definition) is 0. The third-order valence-electron chi connectivity index (χ3n) is 5.23. The summed E-state index contributed by atoms with van der Waals surface area (Å²) in [5.74, 6) is -15.7. The van der Waals surface area contributed by atoms with Crippen molar-refractivity contribution >= 4 is 23.5 Å². The van der Waals surface area contributed by atoms with E-state index in [9.17, 15) is 26.3 Å². The molecule has 1 saturated carbocycles. The van der Waals surface area contributed by atoms with Crippen LogP contribution < -0.4 is 0 Å². The van der Waals surface area contributed by atoms with Gasteiger partial charge in [0.2, 0.25) is 0 Å². The SMILES string of the molecule is COC12SC(C)=CC1=C1C(=C3C=C(C)SC32OC)C(F)(F)C(F)(F)C1(F)F. The summed E-state index contributed by atoms with van der Waals surface area (Å²) >= 11 is 1.99. The maximum atomic E-state index is 14.7. The van der Waals surface area contributed by atoms with Gasteiger partial charge in [-0.25, -0.2) is 0 Å². The average Bonchev–Trinajstić information content (AvgIpc) is 3.12. The van der Waals surface area contributed by atoms with Crippen LogP contribution in [0.25, 0.3) is 0 Å². The molecule has 2 heterocycles. The van der Waals surface area contributed by atoms with Gasteiger partial charge in [-0.15, -0.1) is 0 Å². The fraction of sp³-hybridized carbons (Fsp3) is 0.529. The van der Waals surface area contributed by atoms with Crippen molar-refractivity contribution in [1.82, 2.24) is 0 Å². The highest BCUT2D eigenvalue weighted by Gasteiger charge is 2.85. The monoisotopic (exact) mass is 428 g/mol. The lowest BCUT2D eigenvalue weighted by molar-refractivity contribution is -0.258. The summed E-state index contributed by atoms with van der Waals surface area (Å²) in [6.45, 7) is 3.15. The van der Waals surface area contributed by atoms with Gasteiger partial charge in [-0.3, -0.25) is 0 Å². The normalized spacial score (nSPS) is 37.9. The molecule has 0 spiro atoms. The summed E-state index contributed by atoms with van der Waals surface area (Å²) in [5.41, 5.74) is -3.52. The molecule has 148 valence electrons. The second-order valence-corrected chi connectivity index (χ2v) is 9.50. The molecule has 27 heavy (non-hydrogen) atoms. The Balaban J connectivity index is 2.22. The number of halogens is 6. The minimum atomic E-state index is -5.57. The minimum absolute atomic E-state index is 0.398. The summed E-state index contributed by atoms with van der Waals surface area (Å²) in [4.78, 5) is -2.45. The molecule has 2 unspecified atom stereocenters. The van der Waals surface area contributed by atoms with Crippen LogP contribution in [0.3, 0.4) is 0 Å². The maximum Gasteiger partial charge on any atom is 0.380 e. The Morgan fingerprint density at radius 2 is 1.04 bits per heavy atom. The summed E-state index contributed by atoms with van der Waals surface area (Å²) < 4.78 is 98.6. The first-order chi connectivity index (χ1) is 12.3. The molecule has 0 aromatic carbocycles. The molecule has 10 heteroatoms. The van der Waals surface area contributed by atoms with Crippen LogP contribution in [0.5, 0.6) is 0 Å². The van der Waals surface area contributed by atoms with Gasteiger partial charge in [0.25, 0.3) is 0 Å². The van der Waals surface area contributed by atoms with Crippen LogP contribution in [0.4, 0.5) is 26.3 Å². The number of allylic oxidation sites excluding steroid dienone is 4. The standard InChI is InChI=1S/C17H14F6O2S2/c1-7-5-9-11-12(14(20,21)17(22,23)13(11,18)19)10-6-8(2)27-16(10,25-4)15(9,24-3)26-7/h5-6H,1-4H3. The van der Waals surface area contributed by atoms with E-state index in [-0.39, 0.29) is 0 Å². The van der Waals surface area contributed by atoms with E-state index in [1.165, 1.54) is 26.4 Å². The van der Waals surface area contributed by atoms with Crippen molar-refractivity contribution in [2.45, 2.75) is 41.5 Å². The van der Waals surface area contributed by atoms with Crippen molar-refractivity contribution in [2.75, 3.05) is 14.2 Å². The van der Waals surface area contributed by atoms with Crippen molar-refractivity contribution in [3.63, 3.8) is 0 Å². The lowest BCUT2D eigenvalue weighted by atomic mass is 9.80. The summed E-state index contributed by atoms with van der Waals surface area (Å²) in [7, 11) is 2.45. The molecule has 0 aromatic rings. The van der Waals surface area contributed by atoms with Gasteiger partial charge in [-0.1, -0.05) is 23.5 Å². The van der Waals surface area contributed by atoms with Gasteiger partial charge in [0.15, 0.2) is 9.87 Å². The van der Waals surface area contributed by atoms with E-state index in [4.69, 9.17) is 9.47 Å². The van der Waals surface area contributed by atoms with Crippen LogP contribution in [0.1, 0.15) is 13.8 Å². The molecule has 4 aliphatic rings. The molecule has 2 aliphatic carbocycles. The molecule has 0 amide bonds. The summed E-state index contributed by atoms with van der Waals surface area (Å²) in [6, 6.07) is 0. The first kappa shape index (κ1) is 19.5. The van der Waals surface area contributed by atoms with E-state index >= 15 is 0 Å². The second kappa shape index (κ2) is 5.20. The van der Waals surface area contributed by atoms with E-state index in [0.717, 1.165) is 23.5 Å². The van der Waals surface area contributed by atoms with Gasteiger partial charge in [0, 0.05) is 36.5 Å². The van der Waals surface area contributed by atoms with E-state index in [0.29, 0.717) is 9.81 Å². The van der Waals surface area contributed by atoms with Crippen molar-refractivity contribution in [1.29, 1.82) is 0 Å². The molecular formula is C17H14F6O2S2. The van der Waals surface area contributed by atoms with Crippen molar-refractivity contribution < 1.29 is 35.8 Å². The third-order valence-corrected chi connectivity index (χ3v) is 8.16. The molecule has 2 atom stereocenters. The number of methoxy groups -OCH3 is 2. The first-order valence-corrected chi connectivity index (χ1v) is 9.46. The Morgan fingerprint density at radius 3 is 1.33 bits per heavy atom. The number of hydrogen-bond acceptors (Lipinski definition) is 4. The highest BCUT2D eigenvalue weighted by Crippen LogP contribution is 2.74. The van der Waals surface area contributed by atoms with Crippen LogP contribution in [0.15, 0.2) is 44.3 Å². The van der Waals surface area contributed by atoms with Gasteiger partial charge in [-0.05, 0) is 35.8 Å². The van der Waals surface area contributed by atoms with Crippen molar-refractivity contribution in [3.8, 4) is 0 Å². The van der Waals surface area contributed by atoms with Crippen LogP contribution in [-0.4, -0.2) is 41.9 Å². The topological polar surface area (TPSA) is 18.5 Å². The zero-order valence-electron chi connectivity index (χ0n) is 14.6. The average molecular weight is 428 g/mol. The molecule has 2 aliphatic heterocycles. The Kier molecular flexibility index (Phi) is 3.75. The molecule has 0 aromatic heterocycles. The van der Waals surface area contributed by atoms with E-state index in [1.807, 2.05) is 0 Å². The Morgan fingerprint density at radius 1 is 0.704 bits per heavy atom. The predicted octanol–water partition coefficient (Wildman–Crippen LogP) is 5.50. The van der Waals surface area contributed by atoms with Crippen LogP contribution in [0, 0.1) is 0 Å². The van der Waals surface area contributed by atoms with Gasteiger partial charge in [0.1, 0.15) is 0 Å². The molecule has 0 N–H and O–H groups in total. The van der Waals surface area contributed by atoms with Crippen LogP contribution >= 0.6 is 23.5 Å². The van der Waals surface area contributed by atoms with Crippen molar-refractivity contribution in [2.24, 2.45) is 0 Å². The molecule has 0 saturated heterocycles. The lowest BCUT2D eigenvalue weighted by Gasteiger charge is -2.48. The van der Waals surface area contributed by atoms with Crippen LogP contribution in [-0.2, 0) is 9.47 Å². The largest absolute Gasteiger partial charge is 0.380 e. The molecule has 1 fully saturated rings. The number of fused-ring (bicyclic) bond motifs is 4. The Labute approximate surface area is 159 Å². The smallest absolute Gasteiger partial charge is 0.358 e. The zero-order valence-corrected chi connectivity index (χ0v) is 16.2. The number of alkyl halides is 6.